The third kappa shape index (κ3) is 5.00. The van der Waals surface area contributed by atoms with Gasteiger partial charge in [0.2, 0.25) is 0 Å². The van der Waals surface area contributed by atoms with E-state index in [0.29, 0.717) is 27.1 Å². The number of rotatable bonds is 4. The number of carbonyl (C=O) groups is 1. The third-order valence-corrected chi connectivity index (χ3v) is 6.91. The van der Waals surface area contributed by atoms with Crippen molar-refractivity contribution in [3.63, 3.8) is 0 Å². The number of halogens is 2. The van der Waals surface area contributed by atoms with Crippen LogP contribution in [0.5, 0.6) is 0 Å². The molecule has 0 spiro atoms. The maximum absolute atomic E-state index is 13.6. The van der Waals surface area contributed by atoms with E-state index in [2.05, 4.69) is 11.8 Å². The summed E-state index contributed by atoms with van der Waals surface area (Å²) < 4.78 is 1.94. The number of amides is 1. The van der Waals surface area contributed by atoms with Crippen LogP contribution in [0.4, 0.5) is 0 Å². The Labute approximate surface area is 210 Å². The van der Waals surface area contributed by atoms with Gasteiger partial charge in [0, 0.05) is 34.9 Å². The lowest BCUT2D eigenvalue weighted by Gasteiger charge is -2.30. The Morgan fingerprint density at radius 3 is 2.50 bits per heavy atom. The van der Waals surface area contributed by atoms with Gasteiger partial charge < -0.3 is 10.0 Å². The first kappa shape index (κ1) is 24.3. The number of carbonyl (C=O) groups excluding carboxylic acids is 1. The predicted molar refractivity (Wildman–Crippen MR) is 137 cm³/mol. The average molecular weight is 496 g/mol. The second kappa shape index (κ2) is 10.7. The first-order valence-electron chi connectivity index (χ1n) is 11.4. The fourth-order valence-electron chi connectivity index (χ4n) is 4.51. The van der Waals surface area contributed by atoms with Gasteiger partial charge in [-0.3, -0.25) is 9.36 Å². The summed E-state index contributed by atoms with van der Waals surface area (Å²) in [5.74, 6) is 6.05. The molecule has 1 aliphatic rings. The van der Waals surface area contributed by atoms with Crippen LogP contribution in [0.2, 0.25) is 10.0 Å². The highest BCUT2D eigenvalue weighted by Crippen LogP contribution is 2.34. The number of hydrogen-bond acceptors (Lipinski definition) is 3. The van der Waals surface area contributed by atoms with Crippen molar-refractivity contribution in [2.75, 3.05) is 13.7 Å². The van der Waals surface area contributed by atoms with Gasteiger partial charge in [-0.1, -0.05) is 54.3 Å². The molecule has 7 heteroatoms. The summed E-state index contributed by atoms with van der Waals surface area (Å²) >= 11 is 12.7. The molecule has 3 aromatic rings. The number of imidazole rings is 1. The van der Waals surface area contributed by atoms with Crippen molar-refractivity contribution >= 4 is 29.1 Å². The molecule has 4 rings (SSSR count). The monoisotopic (exact) mass is 495 g/mol. The van der Waals surface area contributed by atoms with Crippen LogP contribution in [0.3, 0.4) is 0 Å². The lowest BCUT2D eigenvalue weighted by molar-refractivity contribution is 0.0690. The molecule has 0 bridgehead atoms. The number of benzene rings is 2. The molecule has 0 atom stereocenters. The van der Waals surface area contributed by atoms with Gasteiger partial charge in [0.1, 0.15) is 18.1 Å². The van der Waals surface area contributed by atoms with E-state index < -0.39 is 0 Å². The number of nitrogens with zero attached hydrogens (tertiary/aromatic N) is 3. The van der Waals surface area contributed by atoms with Crippen molar-refractivity contribution in [1.82, 2.24) is 14.5 Å². The molecule has 5 nitrogen and oxygen atoms in total. The van der Waals surface area contributed by atoms with Crippen LogP contribution >= 0.6 is 23.2 Å². The van der Waals surface area contributed by atoms with Crippen LogP contribution in [0.25, 0.3) is 17.1 Å². The molecule has 1 amide bonds. The maximum atomic E-state index is 13.6. The van der Waals surface area contributed by atoms with Crippen LogP contribution in [0.15, 0.2) is 42.5 Å². The van der Waals surface area contributed by atoms with Crippen LogP contribution in [0.1, 0.15) is 53.8 Å². The molecule has 1 fully saturated rings. The second-order valence-corrected chi connectivity index (χ2v) is 9.39. The van der Waals surface area contributed by atoms with Crippen LogP contribution in [-0.2, 0) is 0 Å². The first-order chi connectivity index (χ1) is 16.4. The zero-order chi connectivity index (χ0) is 24.2. The molecular formula is C27H27Cl2N3O2. The molecule has 34 heavy (non-hydrogen) atoms. The topological polar surface area (TPSA) is 58.4 Å². The second-order valence-electron chi connectivity index (χ2n) is 8.54. The van der Waals surface area contributed by atoms with E-state index in [1.807, 2.05) is 53.8 Å². The number of aliphatic hydroxyl groups excluding tert-OH is 1. The summed E-state index contributed by atoms with van der Waals surface area (Å²) in [5.41, 5.74) is 3.47. The zero-order valence-corrected chi connectivity index (χ0v) is 20.8. The number of aliphatic hydroxyl groups is 1. The Balaban J connectivity index is 1.81. The van der Waals surface area contributed by atoms with Gasteiger partial charge in [-0.2, -0.15) is 0 Å². The largest absolute Gasteiger partial charge is 0.384 e. The van der Waals surface area contributed by atoms with Gasteiger partial charge in [0.05, 0.1) is 10.7 Å². The van der Waals surface area contributed by atoms with E-state index in [-0.39, 0.29) is 18.6 Å². The van der Waals surface area contributed by atoms with E-state index >= 15 is 0 Å². The van der Waals surface area contributed by atoms with E-state index in [9.17, 15) is 4.79 Å². The molecule has 1 aromatic heterocycles. The molecule has 0 saturated heterocycles. The lowest BCUT2D eigenvalue weighted by Crippen LogP contribution is -2.38. The van der Waals surface area contributed by atoms with Crippen molar-refractivity contribution in [3.8, 4) is 28.9 Å². The van der Waals surface area contributed by atoms with Crippen molar-refractivity contribution in [2.45, 2.75) is 45.1 Å². The zero-order valence-electron chi connectivity index (χ0n) is 19.3. The minimum Gasteiger partial charge on any atom is -0.384 e. The fraction of sp³-hybridized carbons (Fsp3) is 0.333. The van der Waals surface area contributed by atoms with E-state index in [1.54, 1.807) is 12.1 Å². The minimum absolute atomic E-state index is 0.0834. The predicted octanol–water partition coefficient (Wildman–Crippen LogP) is 5.90. The van der Waals surface area contributed by atoms with E-state index in [0.717, 1.165) is 42.6 Å². The normalized spacial score (nSPS) is 13.9. The van der Waals surface area contributed by atoms with Gasteiger partial charge in [0.15, 0.2) is 0 Å². The minimum atomic E-state index is -0.193. The SMILES string of the molecule is Cc1c(C(=O)N(C)C2CCCCC2)nc(-c2ccc(Cl)cc2Cl)n1-c1ccc(C#CCO)cc1. The van der Waals surface area contributed by atoms with Gasteiger partial charge >= 0.3 is 0 Å². The molecule has 1 N–H and O–H groups in total. The average Bonchev–Trinajstić information content (AvgIpc) is 3.19. The van der Waals surface area contributed by atoms with Crippen molar-refractivity contribution in [1.29, 1.82) is 0 Å². The Morgan fingerprint density at radius 2 is 1.85 bits per heavy atom. The third-order valence-electron chi connectivity index (χ3n) is 6.36. The highest BCUT2D eigenvalue weighted by atomic mass is 35.5. The first-order valence-corrected chi connectivity index (χ1v) is 12.2. The summed E-state index contributed by atoms with van der Waals surface area (Å²) in [7, 11) is 1.88. The molecule has 1 heterocycles. The fourth-order valence-corrected chi connectivity index (χ4v) is 5.00. The highest BCUT2D eigenvalue weighted by Gasteiger charge is 2.29. The molecule has 0 unspecified atom stereocenters. The lowest BCUT2D eigenvalue weighted by atomic mass is 9.94. The van der Waals surface area contributed by atoms with Crippen LogP contribution < -0.4 is 0 Å². The summed E-state index contributed by atoms with van der Waals surface area (Å²) in [5, 5.41) is 9.95. The highest BCUT2D eigenvalue weighted by molar-refractivity contribution is 6.36. The molecule has 0 radical (unpaired) electrons. The van der Waals surface area contributed by atoms with E-state index in [4.69, 9.17) is 33.3 Å². The molecule has 176 valence electrons. The van der Waals surface area contributed by atoms with Gasteiger partial charge in [-0.15, -0.1) is 0 Å². The molecular weight excluding hydrogens is 469 g/mol. The summed E-state index contributed by atoms with van der Waals surface area (Å²) in [4.78, 5) is 20.2. The van der Waals surface area contributed by atoms with E-state index in [1.165, 1.54) is 6.42 Å². The number of hydrogen-bond donors (Lipinski definition) is 1. The van der Waals surface area contributed by atoms with Gasteiger partial charge in [0.25, 0.3) is 5.91 Å². The van der Waals surface area contributed by atoms with Crippen molar-refractivity contribution < 1.29 is 9.90 Å². The van der Waals surface area contributed by atoms with Gasteiger partial charge in [-0.25, -0.2) is 4.98 Å². The standard InChI is InChI=1S/C27H27Cl2N3O2/c1-18-25(27(34)31(2)21-8-4-3-5-9-21)30-26(23-15-12-20(28)17-24(23)29)32(18)22-13-10-19(11-14-22)7-6-16-33/h10-15,17,21,33H,3-5,8-9,16H2,1-2H3. The molecule has 1 saturated carbocycles. The Kier molecular flexibility index (Phi) is 7.63. The van der Waals surface area contributed by atoms with Crippen molar-refractivity contribution in [3.05, 3.63) is 69.5 Å². The molecule has 0 aliphatic heterocycles. The van der Waals surface area contributed by atoms with Crippen LogP contribution in [-0.4, -0.2) is 45.2 Å². The summed E-state index contributed by atoms with van der Waals surface area (Å²) in [6.45, 7) is 1.71. The molecule has 1 aliphatic carbocycles. The maximum Gasteiger partial charge on any atom is 0.274 e. The summed E-state index contributed by atoms with van der Waals surface area (Å²) in [6, 6.07) is 13.1. The smallest absolute Gasteiger partial charge is 0.274 e. The van der Waals surface area contributed by atoms with Gasteiger partial charge in [-0.05, 0) is 62.2 Å². The number of aromatic nitrogens is 2. The molecule has 2 aromatic carbocycles. The van der Waals surface area contributed by atoms with Crippen LogP contribution in [0, 0.1) is 18.8 Å². The summed E-state index contributed by atoms with van der Waals surface area (Å²) in [6.07, 6.45) is 5.56. The quantitative estimate of drug-likeness (QED) is 0.458. The Hall–Kier alpha value is -2.78. The van der Waals surface area contributed by atoms with Crippen molar-refractivity contribution in [2.24, 2.45) is 0 Å². The Morgan fingerprint density at radius 1 is 1.15 bits per heavy atom. The Bertz CT molecular complexity index is 1250.